The largest absolute Gasteiger partial charge is 0.378 e. The lowest BCUT2D eigenvalue weighted by Crippen LogP contribution is -2.41. The molecule has 1 aromatic rings. The van der Waals surface area contributed by atoms with E-state index in [1.165, 1.54) is 0 Å². The molecular weight excluding hydrogens is 244 g/mol. The van der Waals surface area contributed by atoms with Gasteiger partial charge in [0.25, 0.3) is 0 Å². The minimum Gasteiger partial charge on any atom is -0.378 e. The van der Waals surface area contributed by atoms with Gasteiger partial charge in [-0.3, -0.25) is 0 Å². The molecule has 106 valence electrons. The zero-order chi connectivity index (χ0) is 13.3. The van der Waals surface area contributed by atoms with Crippen molar-refractivity contribution in [3.63, 3.8) is 0 Å². The van der Waals surface area contributed by atoms with E-state index in [9.17, 15) is 0 Å². The molecule has 2 N–H and O–H groups in total. The van der Waals surface area contributed by atoms with Gasteiger partial charge in [0.05, 0.1) is 36.2 Å². The van der Waals surface area contributed by atoms with Crippen molar-refractivity contribution in [2.24, 2.45) is 5.73 Å². The average Bonchev–Trinajstić information content (AvgIpc) is 3.08. The second kappa shape index (κ2) is 5.19. The van der Waals surface area contributed by atoms with E-state index < -0.39 is 0 Å². The molecule has 1 aromatic heterocycles. The summed E-state index contributed by atoms with van der Waals surface area (Å²) in [7, 11) is 0. The molecule has 3 heterocycles. The van der Waals surface area contributed by atoms with Crippen molar-refractivity contribution in [1.29, 1.82) is 0 Å². The molecule has 3 atom stereocenters. The fourth-order valence-electron chi connectivity index (χ4n) is 2.94. The maximum atomic E-state index is 5.99. The third-order valence-electron chi connectivity index (χ3n) is 4.26. The van der Waals surface area contributed by atoms with Gasteiger partial charge in [-0.1, -0.05) is 12.1 Å². The van der Waals surface area contributed by atoms with Gasteiger partial charge in [0.1, 0.15) is 0 Å². The molecule has 6 nitrogen and oxygen atoms in total. The molecule has 0 radical (unpaired) electrons. The Morgan fingerprint density at radius 1 is 1.58 bits per heavy atom. The van der Waals surface area contributed by atoms with Crippen molar-refractivity contribution in [2.75, 3.05) is 19.8 Å². The molecule has 2 saturated heterocycles. The molecule has 3 rings (SSSR count). The second-order valence-electron chi connectivity index (χ2n) is 5.62. The Labute approximate surface area is 113 Å². The highest BCUT2D eigenvalue weighted by atomic mass is 16.6. The monoisotopic (exact) mass is 266 g/mol. The number of nitrogens with two attached hydrogens (primary N) is 1. The molecule has 19 heavy (non-hydrogen) atoms. The van der Waals surface area contributed by atoms with E-state index in [1.54, 1.807) is 0 Å². The molecular formula is C13H22N4O2. The first kappa shape index (κ1) is 13.0. The summed E-state index contributed by atoms with van der Waals surface area (Å²) in [6, 6.07) is 0.332. The summed E-state index contributed by atoms with van der Waals surface area (Å²) in [4.78, 5) is 0. The van der Waals surface area contributed by atoms with E-state index in [4.69, 9.17) is 15.2 Å². The van der Waals surface area contributed by atoms with E-state index in [-0.39, 0.29) is 11.6 Å². The van der Waals surface area contributed by atoms with Gasteiger partial charge in [-0.25, -0.2) is 4.68 Å². The average molecular weight is 266 g/mol. The fraction of sp³-hybridized carbons (Fsp3) is 0.846. The Balaban J connectivity index is 1.73. The van der Waals surface area contributed by atoms with Gasteiger partial charge >= 0.3 is 0 Å². The third kappa shape index (κ3) is 2.52. The summed E-state index contributed by atoms with van der Waals surface area (Å²) in [5, 5.41) is 8.45. The van der Waals surface area contributed by atoms with E-state index in [0.717, 1.165) is 44.6 Å². The molecule has 0 aliphatic carbocycles. The molecule has 0 bridgehead atoms. The molecule has 3 unspecified atom stereocenters. The second-order valence-corrected chi connectivity index (χ2v) is 5.62. The minimum absolute atomic E-state index is 0.0163. The normalized spacial score (nSPS) is 32.8. The summed E-state index contributed by atoms with van der Waals surface area (Å²) < 4.78 is 13.4. The summed E-state index contributed by atoms with van der Waals surface area (Å²) >= 11 is 0. The third-order valence-corrected chi connectivity index (χ3v) is 4.26. The van der Waals surface area contributed by atoms with Crippen molar-refractivity contribution in [3.05, 3.63) is 11.9 Å². The van der Waals surface area contributed by atoms with Crippen molar-refractivity contribution in [2.45, 2.75) is 50.3 Å². The Morgan fingerprint density at radius 3 is 3.21 bits per heavy atom. The maximum Gasteiger partial charge on any atom is 0.0994 e. The summed E-state index contributed by atoms with van der Waals surface area (Å²) in [6.45, 7) is 4.33. The first-order valence-electron chi connectivity index (χ1n) is 7.11. The summed E-state index contributed by atoms with van der Waals surface area (Å²) in [5.74, 6) is 0. The van der Waals surface area contributed by atoms with E-state index >= 15 is 0 Å². The van der Waals surface area contributed by atoms with Crippen molar-refractivity contribution in [1.82, 2.24) is 15.0 Å². The SMILES string of the molecule is CCC(N)c1cn(C2CCOC3(CCOC3)C2)nn1. The van der Waals surface area contributed by atoms with Crippen molar-refractivity contribution in [3.8, 4) is 0 Å². The van der Waals surface area contributed by atoms with Crippen LogP contribution in [-0.4, -0.2) is 40.4 Å². The first-order valence-corrected chi connectivity index (χ1v) is 7.11. The lowest BCUT2D eigenvalue weighted by molar-refractivity contribution is -0.0964. The van der Waals surface area contributed by atoms with Crippen LogP contribution in [0.5, 0.6) is 0 Å². The molecule has 6 heteroatoms. The van der Waals surface area contributed by atoms with Crippen LogP contribution in [0.15, 0.2) is 6.20 Å². The van der Waals surface area contributed by atoms with Crippen molar-refractivity contribution < 1.29 is 9.47 Å². The molecule has 2 aliphatic heterocycles. The van der Waals surface area contributed by atoms with Crippen LogP contribution < -0.4 is 5.73 Å². The van der Waals surface area contributed by atoms with Crippen LogP contribution in [-0.2, 0) is 9.47 Å². The number of ether oxygens (including phenoxy) is 2. The summed E-state index contributed by atoms with van der Waals surface area (Å²) in [6.07, 6.45) is 5.79. The van der Waals surface area contributed by atoms with Crippen LogP contribution in [0.1, 0.15) is 50.4 Å². The molecule has 1 spiro atoms. The Kier molecular flexibility index (Phi) is 3.56. The van der Waals surface area contributed by atoms with Gasteiger partial charge in [0.2, 0.25) is 0 Å². The maximum absolute atomic E-state index is 5.99. The van der Waals surface area contributed by atoms with Gasteiger partial charge < -0.3 is 15.2 Å². The van der Waals surface area contributed by atoms with Gasteiger partial charge in [-0.2, -0.15) is 0 Å². The standard InChI is InChI=1S/C13H22N4O2/c1-2-11(14)12-8-17(16-15-12)10-3-5-19-13(7-10)4-6-18-9-13/h8,10-11H,2-7,9,14H2,1H3. The van der Waals surface area contributed by atoms with Crippen LogP contribution in [0.4, 0.5) is 0 Å². The Bertz CT molecular complexity index is 428. The van der Waals surface area contributed by atoms with Crippen molar-refractivity contribution >= 4 is 0 Å². The lowest BCUT2D eigenvalue weighted by atomic mass is 9.90. The fourth-order valence-corrected chi connectivity index (χ4v) is 2.94. The smallest absolute Gasteiger partial charge is 0.0994 e. The van der Waals surface area contributed by atoms with Gasteiger partial charge in [-0.05, 0) is 12.8 Å². The predicted octanol–water partition coefficient (Wildman–Crippen LogP) is 1.20. The van der Waals surface area contributed by atoms with E-state index in [2.05, 4.69) is 17.2 Å². The summed E-state index contributed by atoms with van der Waals surface area (Å²) in [5.41, 5.74) is 6.78. The Morgan fingerprint density at radius 2 is 2.47 bits per heavy atom. The first-order chi connectivity index (χ1) is 9.22. The zero-order valence-electron chi connectivity index (χ0n) is 11.4. The predicted molar refractivity (Wildman–Crippen MR) is 69.6 cm³/mol. The zero-order valence-corrected chi connectivity index (χ0v) is 11.4. The minimum atomic E-state index is -0.0953. The van der Waals surface area contributed by atoms with Crippen LogP contribution in [0.3, 0.4) is 0 Å². The molecule has 0 amide bonds. The number of nitrogens with zero attached hydrogens (tertiary/aromatic N) is 3. The lowest BCUT2D eigenvalue weighted by Gasteiger charge is -2.36. The number of aromatic nitrogens is 3. The van der Waals surface area contributed by atoms with Gasteiger partial charge in [0.15, 0.2) is 0 Å². The van der Waals surface area contributed by atoms with Crippen LogP contribution in [0.2, 0.25) is 0 Å². The highest BCUT2D eigenvalue weighted by Gasteiger charge is 2.41. The van der Waals surface area contributed by atoms with E-state index in [1.807, 2.05) is 10.9 Å². The molecule has 2 aliphatic rings. The van der Waals surface area contributed by atoms with Crippen LogP contribution in [0, 0.1) is 0 Å². The molecule has 2 fully saturated rings. The van der Waals surface area contributed by atoms with Gasteiger partial charge in [0, 0.05) is 26.1 Å². The molecule has 0 saturated carbocycles. The van der Waals surface area contributed by atoms with E-state index in [0.29, 0.717) is 12.6 Å². The quantitative estimate of drug-likeness (QED) is 0.889. The topological polar surface area (TPSA) is 75.2 Å². The van der Waals surface area contributed by atoms with Crippen LogP contribution >= 0.6 is 0 Å². The molecule has 0 aromatic carbocycles. The number of hydrogen-bond acceptors (Lipinski definition) is 5. The highest BCUT2D eigenvalue weighted by molar-refractivity contribution is 5.01. The van der Waals surface area contributed by atoms with Gasteiger partial charge in [-0.15, -0.1) is 5.10 Å². The highest BCUT2D eigenvalue weighted by Crippen LogP contribution is 2.37. The van der Waals surface area contributed by atoms with Crippen LogP contribution in [0.25, 0.3) is 0 Å². The Hall–Kier alpha value is -0.980. The number of rotatable bonds is 3. The number of hydrogen-bond donors (Lipinski definition) is 1.